The predicted molar refractivity (Wildman–Crippen MR) is 134 cm³/mol. The molecular formula is C26H26ClFN4O. The number of anilines is 2. The third-order valence-corrected chi connectivity index (χ3v) is 5.68. The fraction of sp³-hybridized carbons (Fsp3) is 0.192. The van der Waals surface area contributed by atoms with Crippen LogP contribution >= 0.6 is 11.6 Å². The van der Waals surface area contributed by atoms with Gasteiger partial charge in [0, 0.05) is 43.0 Å². The summed E-state index contributed by atoms with van der Waals surface area (Å²) < 4.78 is 14.3. The van der Waals surface area contributed by atoms with Gasteiger partial charge in [0.15, 0.2) is 0 Å². The van der Waals surface area contributed by atoms with Crippen LogP contribution in [0.5, 0.6) is 5.75 Å². The second-order valence-electron chi connectivity index (χ2n) is 8.18. The van der Waals surface area contributed by atoms with Crippen LogP contribution in [0.15, 0.2) is 66.9 Å². The number of likely N-dealkylation sites (N-methyl/N-ethyl adjacent to an activating group) is 1. The summed E-state index contributed by atoms with van der Waals surface area (Å²) in [5, 5.41) is 17.2. The molecule has 3 N–H and O–H groups in total. The maximum Gasteiger partial charge on any atom is 0.148 e. The number of rotatable bonds is 8. The number of pyridine rings is 1. The van der Waals surface area contributed by atoms with E-state index in [1.807, 2.05) is 18.2 Å². The molecule has 0 fully saturated rings. The molecule has 5 nitrogen and oxygen atoms in total. The lowest BCUT2D eigenvalue weighted by molar-refractivity contribution is 0.400. The molecule has 0 radical (unpaired) electrons. The van der Waals surface area contributed by atoms with Crippen molar-refractivity contribution in [3.8, 4) is 16.9 Å². The minimum absolute atomic E-state index is 0.0302. The Hall–Kier alpha value is -3.19. The molecule has 7 heteroatoms. The predicted octanol–water partition coefficient (Wildman–Crippen LogP) is 5.79. The van der Waals surface area contributed by atoms with Gasteiger partial charge in [0.2, 0.25) is 0 Å². The Kier molecular flexibility index (Phi) is 7.08. The number of aromatic hydroxyl groups is 1. The molecule has 1 heterocycles. The molecule has 3 aromatic carbocycles. The highest BCUT2D eigenvalue weighted by Gasteiger charge is 2.11. The quantitative estimate of drug-likeness (QED) is 0.288. The lowest BCUT2D eigenvalue weighted by Crippen LogP contribution is -2.26. The second-order valence-corrected chi connectivity index (χ2v) is 8.59. The first-order valence-electron chi connectivity index (χ1n) is 10.7. The van der Waals surface area contributed by atoms with Gasteiger partial charge < -0.3 is 20.6 Å². The van der Waals surface area contributed by atoms with Gasteiger partial charge in [-0.3, -0.25) is 4.98 Å². The normalized spacial score (nSPS) is 11.3. The van der Waals surface area contributed by atoms with E-state index in [9.17, 15) is 9.50 Å². The molecule has 170 valence electrons. The van der Waals surface area contributed by atoms with Crippen molar-refractivity contribution in [1.29, 1.82) is 0 Å². The van der Waals surface area contributed by atoms with Crippen LogP contribution in [0.25, 0.3) is 22.0 Å². The Morgan fingerprint density at radius 2 is 1.82 bits per heavy atom. The molecule has 0 saturated carbocycles. The van der Waals surface area contributed by atoms with Crippen LogP contribution in [-0.2, 0) is 6.54 Å². The van der Waals surface area contributed by atoms with Gasteiger partial charge in [0.25, 0.3) is 0 Å². The molecule has 0 saturated heterocycles. The molecular weight excluding hydrogens is 439 g/mol. The van der Waals surface area contributed by atoms with Crippen LogP contribution in [0.4, 0.5) is 15.8 Å². The maximum atomic E-state index is 14.3. The smallest absolute Gasteiger partial charge is 0.148 e. The zero-order chi connectivity index (χ0) is 23.4. The molecule has 0 amide bonds. The Morgan fingerprint density at radius 3 is 2.64 bits per heavy atom. The number of hydrogen-bond acceptors (Lipinski definition) is 5. The van der Waals surface area contributed by atoms with Crippen LogP contribution in [0, 0.1) is 5.82 Å². The molecule has 33 heavy (non-hydrogen) atoms. The number of phenols is 1. The molecule has 0 spiro atoms. The third-order valence-electron chi connectivity index (χ3n) is 5.37. The van der Waals surface area contributed by atoms with Gasteiger partial charge in [-0.15, -0.1) is 0 Å². The zero-order valence-electron chi connectivity index (χ0n) is 18.6. The number of hydrogen-bond donors (Lipinski definition) is 3. The molecule has 0 unspecified atom stereocenters. The van der Waals surface area contributed by atoms with E-state index in [1.165, 1.54) is 11.6 Å². The molecule has 1 aromatic heterocycles. The highest BCUT2D eigenvalue weighted by molar-refractivity contribution is 6.32. The van der Waals surface area contributed by atoms with E-state index in [1.54, 1.807) is 12.3 Å². The summed E-state index contributed by atoms with van der Waals surface area (Å²) in [6.07, 6.45) is 1.67. The minimum Gasteiger partial charge on any atom is -0.506 e. The second kappa shape index (κ2) is 10.2. The lowest BCUT2D eigenvalue weighted by atomic mass is 10.0. The number of halogens is 2. The van der Waals surface area contributed by atoms with E-state index in [4.69, 9.17) is 11.6 Å². The average Bonchev–Trinajstić information content (AvgIpc) is 2.80. The number of benzene rings is 3. The number of nitrogens with one attached hydrogen (secondary N) is 2. The first kappa shape index (κ1) is 23.0. The number of phenolic OH excluding ortho intramolecular Hbond substituents is 1. The third kappa shape index (κ3) is 5.60. The Morgan fingerprint density at radius 1 is 1.00 bits per heavy atom. The first-order valence-corrected chi connectivity index (χ1v) is 11.1. The van der Waals surface area contributed by atoms with Crippen LogP contribution in [0.1, 0.15) is 5.56 Å². The monoisotopic (exact) mass is 464 g/mol. The highest BCUT2D eigenvalue weighted by atomic mass is 35.5. The van der Waals surface area contributed by atoms with E-state index in [-0.39, 0.29) is 16.5 Å². The summed E-state index contributed by atoms with van der Waals surface area (Å²) in [7, 11) is 4.12. The SMILES string of the molecule is CN(C)CCNCc1cccc(-c2ccc3c(Nc4cc(O)c(Cl)cc4F)ccnc3c2)c1. The van der Waals surface area contributed by atoms with Gasteiger partial charge >= 0.3 is 0 Å². The molecule has 0 aliphatic rings. The van der Waals surface area contributed by atoms with Gasteiger partial charge in [-0.2, -0.15) is 0 Å². The van der Waals surface area contributed by atoms with Gasteiger partial charge in [0.05, 0.1) is 16.2 Å². The highest BCUT2D eigenvalue weighted by Crippen LogP contribution is 2.34. The van der Waals surface area contributed by atoms with E-state index < -0.39 is 5.82 Å². The first-order chi connectivity index (χ1) is 15.9. The molecule has 0 aliphatic carbocycles. The minimum atomic E-state index is -0.546. The lowest BCUT2D eigenvalue weighted by Gasteiger charge is -2.13. The summed E-state index contributed by atoms with van der Waals surface area (Å²) in [5.41, 5.74) is 4.99. The van der Waals surface area contributed by atoms with Gasteiger partial charge in [-0.05, 0) is 55.1 Å². The van der Waals surface area contributed by atoms with Crippen LogP contribution < -0.4 is 10.6 Å². The molecule has 0 atom stereocenters. The van der Waals surface area contributed by atoms with E-state index in [0.29, 0.717) is 5.69 Å². The van der Waals surface area contributed by atoms with Crippen molar-refractivity contribution in [2.75, 3.05) is 32.5 Å². The summed E-state index contributed by atoms with van der Waals surface area (Å²) in [6.45, 7) is 2.73. The standard InChI is InChI=1S/C26H26ClFN4O/c1-32(2)11-10-29-16-17-4-3-5-18(12-17)19-6-7-20-23(8-9-30-24(20)13-19)31-25-15-26(33)21(27)14-22(25)28/h3-9,12-15,29,33H,10-11,16H2,1-2H3,(H,30,31). The fourth-order valence-electron chi connectivity index (χ4n) is 3.61. The van der Waals surface area contributed by atoms with Crippen molar-refractivity contribution in [2.24, 2.45) is 0 Å². The van der Waals surface area contributed by atoms with Gasteiger partial charge in [-0.1, -0.05) is 41.9 Å². The molecule has 0 aliphatic heterocycles. The molecule has 4 rings (SSSR count). The largest absolute Gasteiger partial charge is 0.506 e. The number of aromatic nitrogens is 1. The summed E-state index contributed by atoms with van der Waals surface area (Å²) in [5.74, 6) is -0.729. The van der Waals surface area contributed by atoms with Gasteiger partial charge in [-0.25, -0.2) is 4.39 Å². The Labute approximate surface area is 197 Å². The summed E-state index contributed by atoms with van der Waals surface area (Å²) in [6, 6.07) is 18.6. The number of fused-ring (bicyclic) bond motifs is 1. The van der Waals surface area contributed by atoms with Crippen molar-refractivity contribution in [2.45, 2.75) is 6.54 Å². The maximum absolute atomic E-state index is 14.3. The topological polar surface area (TPSA) is 60.4 Å². The van der Waals surface area contributed by atoms with E-state index in [0.717, 1.165) is 47.7 Å². The van der Waals surface area contributed by atoms with Crippen molar-refractivity contribution < 1.29 is 9.50 Å². The Balaban J connectivity index is 1.57. The molecule has 4 aromatic rings. The van der Waals surface area contributed by atoms with E-state index in [2.05, 4.69) is 58.9 Å². The summed E-state index contributed by atoms with van der Waals surface area (Å²) >= 11 is 5.78. The molecule has 0 bridgehead atoms. The van der Waals surface area contributed by atoms with Crippen molar-refractivity contribution in [1.82, 2.24) is 15.2 Å². The number of nitrogens with zero attached hydrogens (tertiary/aromatic N) is 2. The van der Waals surface area contributed by atoms with Crippen LogP contribution in [-0.4, -0.2) is 42.2 Å². The van der Waals surface area contributed by atoms with Crippen LogP contribution in [0.3, 0.4) is 0 Å². The fourth-order valence-corrected chi connectivity index (χ4v) is 3.76. The van der Waals surface area contributed by atoms with Gasteiger partial charge in [0.1, 0.15) is 11.6 Å². The van der Waals surface area contributed by atoms with Crippen molar-refractivity contribution in [3.63, 3.8) is 0 Å². The van der Waals surface area contributed by atoms with Crippen LogP contribution in [0.2, 0.25) is 5.02 Å². The van der Waals surface area contributed by atoms with E-state index >= 15 is 0 Å². The van der Waals surface area contributed by atoms with Crippen molar-refractivity contribution in [3.05, 3.63) is 83.3 Å². The Bertz CT molecular complexity index is 1280. The zero-order valence-corrected chi connectivity index (χ0v) is 19.3. The average molecular weight is 465 g/mol. The van der Waals surface area contributed by atoms with Crippen molar-refractivity contribution >= 4 is 33.9 Å². The summed E-state index contributed by atoms with van der Waals surface area (Å²) in [4.78, 5) is 6.65.